The van der Waals surface area contributed by atoms with E-state index < -0.39 is 0 Å². The number of carbonyl (C=O) groups is 1. The first kappa shape index (κ1) is 15.7. The molecule has 3 rings (SSSR count). The van der Waals surface area contributed by atoms with Crippen LogP contribution in [0, 0.1) is 0 Å². The lowest BCUT2D eigenvalue weighted by molar-refractivity contribution is -0.121. The Morgan fingerprint density at radius 3 is 2.38 bits per heavy atom. The van der Waals surface area contributed by atoms with Crippen molar-refractivity contribution in [2.24, 2.45) is 0 Å². The zero-order valence-electron chi connectivity index (χ0n) is 13.0. The lowest BCUT2D eigenvalue weighted by Crippen LogP contribution is -2.37. The van der Waals surface area contributed by atoms with E-state index >= 15 is 0 Å². The molecule has 0 spiro atoms. The Hall–Kier alpha value is -3.15. The molecule has 0 bridgehead atoms. The van der Waals surface area contributed by atoms with Crippen molar-refractivity contribution in [3.05, 3.63) is 80.9 Å². The van der Waals surface area contributed by atoms with Crippen LogP contribution in [0.2, 0.25) is 0 Å². The highest BCUT2D eigenvalue weighted by molar-refractivity contribution is 5.81. The average molecular weight is 323 g/mol. The molecule has 0 saturated carbocycles. The van der Waals surface area contributed by atoms with Gasteiger partial charge < -0.3 is 5.32 Å². The fourth-order valence-corrected chi connectivity index (χ4v) is 2.55. The van der Waals surface area contributed by atoms with Crippen LogP contribution < -0.4 is 16.4 Å². The third kappa shape index (κ3) is 3.43. The maximum Gasteiger partial charge on any atom is 0.273 e. The summed E-state index contributed by atoms with van der Waals surface area (Å²) in [5.41, 5.74) is 0.347. The van der Waals surface area contributed by atoms with Gasteiger partial charge in [0.25, 0.3) is 11.1 Å². The van der Waals surface area contributed by atoms with E-state index in [2.05, 4.69) is 10.4 Å². The molecule has 0 unspecified atom stereocenters. The number of amides is 1. The number of aromatic nitrogens is 2. The van der Waals surface area contributed by atoms with Crippen LogP contribution in [-0.4, -0.2) is 22.2 Å². The quantitative estimate of drug-likeness (QED) is 0.736. The lowest BCUT2D eigenvalue weighted by Gasteiger charge is -2.08. The number of carbonyl (C=O) groups excluding carboxylic acids is 1. The van der Waals surface area contributed by atoms with E-state index in [1.807, 2.05) is 30.3 Å². The third-order valence-corrected chi connectivity index (χ3v) is 3.76. The molecule has 1 amide bonds. The number of aromatic amines is 1. The zero-order valence-corrected chi connectivity index (χ0v) is 13.0. The van der Waals surface area contributed by atoms with Gasteiger partial charge in [0.2, 0.25) is 5.91 Å². The Labute approximate surface area is 137 Å². The molecule has 2 N–H and O–H groups in total. The lowest BCUT2D eigenvalue weighted by atomic mass is 10.1. The summed E-state index contributed by atoms with van der Waals surface area (Å²) in [4.78, 5) is 36.3. The second-order valence-electron chi connectivity index (χ2n) is 5.46. The number of fused-ring (bicyclic) bond motifs is 1. The van der Waals surface area contributed by atoms with Crippen molar-refractivity contribution < 1.29 is 4.79 Å². The Morgan fingerprint density at radius 1 is 0.958 bits per heavy atom. The number of hydrogen-bond acceptors (Lipinski definition) is 3. The Morgan fingerprint density at radius 2 is 1.62 bits per heavy atom. The number of hydrogen-bond donors (Lipinski definition) is 2. The summed E-state index contributed by atoms with van der Waals surface area (Å²) < 4.78 is 1.04. The standard InChI is InChI=1S/C18H17N3O3/c22-16(19-11-10-13-6-2-1-3-7-13)12-21-18(24)15-9-5-4-8-14(15)17(23)20-21/h1-9H,10-12H2,(H,19,22)(H,20,23). The smallest absolute Gasteiger partial charge is 0.273 e. The van der Waals surface area contributed by atoms with Gasteiger partial charge in [0.15, 0.2) is 0 Å². The molecule has 2 aromatic carbocycles. The molecule has 0 fully saturated rings. The minimum Gasteiger partial charge on any atom is -0.354 e. The van der Waals surface area contributed by atoms with E-state index in [-0.39, 0.29) is 23.6 Å². The van der Waals surface area contributed by atoms with Crippen LogP contribution in [0.1, 0.15) is 5.56 Å². The summed E-state index contributed by atoms with van der Waals surface area (Å²) in [7, 11) is 0. The molecule has 0 atom stereocenters. The van der Waals surface area contributed by atoms with Crippen LogP contribution in [0.3, 0.4) is 0 Å². The Kier molecular flexibility index (Phi) is 4.56. The molecule has 24 heavy (non-hydrogen) atoms. The molecule has 0 aliphatic rings. The van der Waals surface area contributed by atoms with Gasteiger partial charge in [-0.25, -0.2) is 4.68 Å². The maximum absolute atomic E-state index is 12.3. The van der Waals surface area contributed by atoms with Crippen molar-refractivity contribution in [3.8, 4) is 0 Å². The third-order valence-electron chi connectivity index (χ3n) is 3.76. The molecule has 122 valence electrons. The summed E-state index contributed by atoms with van der Waals surface area (Å²) in [5, 5.41) is 5.83. The van der Waals surface area contributed by atoms with Crippen molar-refractivity contribution in [1.29, 1.82) is 0 Å². The highest BCUT2D eigenvalue weighted by Gasteiger charge is 2.09. The van der Waals surface area contributed by atoms with Crippen LogP contribution in [-0.2, 0) is 17.8 Å². The van der Waals surface area contributed by atoms with Crippen LogP contribution >= 0.6 is 0 Å². The molecular weight excluding hydrogens is 306 g/mol. The van der Waals surface area contributed by atoms with E-state index in [0.29, 0.717) is 23.7 Å². The number of rotatable bonds is 5. The largest absolute Gasteiger partial charge is 0.354 e. The van der Waals surface area contributed by atoms with Crippen molar-refractivity contribution in [3.63, 3.8) is 0 Å². The number of nitrogens with zero attached hydrogens (tertiary/aromatic N) is 1. The van der Waals surface area contributed by atoms with E-state index in [0.717, 1.165) is 10.2 Å². The predicted octanol–water partition coefficient (Wildman–Crippen LogP) is 1.05. The van der Waals surface area contributed by atoms with Crippen molar-refractivity contribution in [2.75, 3.05) is 6.54 Å². The van der Waals surface area contributed by atoms with E-state index in [1.165, 1.54) is 0 Å². The zero-order chi connectivity index (χ0) is 16.9. The summed E-state index contributed by atoms with van der Waals surface area (Å²) >= 11 is 0. The minimum absolute atomic E-state index is 0.215. The minimum atomic E-state index is -0.387. The first-order chi connectivity index (χ1) is 11.6. The van der Waals surface area contributed by atoms with E-state index in [9.17, 15) is 14.4 Å². The van der Waals surface area contributed by atoms with E-state index in [1.54, 1.807) is 24.3 Å². The molecular formula is C18H17N3O3. The van der Waals surface area contributed by atoms with Crippen LogP contribution in [0.15, 0.2) is 64.2 Å². The summed E-state index contributed by atoms with van der Waals surface area (Å²) in [6.07, 6.45) is 0.704. The molecule has 6 nitrogen and oxygen atoms in total. The van der Waals surface area contributed by atoms with Gasteiger partial charge >= 0.3 is 0 Å². The molecule has 1 aromatic heterocycles. The monoisotopic (exact) mass is 323 g/mol. The molecule has 0 saturated heterocycles. The van der Waals surface area contributed by atoms with Crippen LogP contribution in [0.25, 0.3) is 10.8 Å². The number of benzene rings is 2. The fourth-order valence-electron chi connectivity index (χ4n) is 2.55. The van der Waals surface area contributed by atoms with Gasteiger partial charge in [-0.05, 0) is 24.1 Å². The van der Waals surface area contributed by atoms with Crippen molar-refractivity contribution >= 4 is 16.7 Å². The molecule has 3 aromatic rings. The van der Waals surface area contributed by atoms with Gasteiger partial charge in [0.1, 0.15) is 6.54 Å². The normalized spacial score (nSPS) is 10.7. The Balaban J connectivity index is 1.68. The topological polar surface area (TPSA) is 84.0 Å². The van der Waals surface area contributed by atoms with Gasteiger partial charge in [0.05, 0.1) is 10.8 Å². The van der Waals surface area contributed by atoms with E-state index in [4.69, 9.17) is 0 Å². The summed E-state index contributed by atoms with van der Waals surface area (Å²) in [6, 6.07) is 16.3. The number of nitrogens with one attached hydrogen (secondary N) is 2. The van der Waals surface area contributed by atoms with Crippen molar-refractivity contribution in [2.45, 2.75) is 13.0 Å². The predicted molar refractivity (Wildman–Crippen MR) is 92.0 cm³/mol. The first-order valence-corrected chi connectivity index (χ1v) is 7.67. The highest BCUT2D eigenvalue weighted by Crippen LogP contribution is 2.02. The molecule has 6 heteroatoms. The SMILES string of the molecule is O=C(Cn1[nH]c(=O)c2ccccc2c1=O)NCCc1ccccc1. The van der Waals surface area contributed by atoms with Gasteiger partial charge in [-0.3, -0.25) is 19.5 Å². The van der Waals surface area contributed by atoms with Gasteiger partial charge in [-0.15, -0.1) is 0 Å². The first-order valence-electron chi connectivity index (χ1n) is 7.67. The summed E-state index contributed by atoms with van der Waals surface area (Å²) in [5.74, 6) is -0.320. The van der Waals surface area contributed by atoms with Crippen molar-refractivity contribution in [1.82, 2.24) is 15.1 Å². The molecule has 0 aliphatic carbocycles. The second kappa shape index (κ2) is 6.95. The van der Waals surface area contributed by atoms with Gasteiger partial charge in [-0.1, -0.05) is 42.5 Å². The van der Waals surface area contributed by atoms with Gasteiger partial charge in [0, 0.05) is 6.54 Å². The molecule has 1 heterocycles. The Bertz CT molecular complexity index is 974. The van der Waals surface area contributed by atoms with Crippen LogP contribution in [0.5, 0.6) is 0 Å². The highest BCUT2D eigenvalue weighted by atomic mass is 16.2. The maximum atomic E-state index is 12.3. The number of H-pyrrole nitrogens is 1. The van der Waals surface area contributed by atoms with Gasteiger partial charge in [-0.2, -0.15) is 0 Å². The van der Waals surface area contributed by atoms with Crippen LogP contribution in [0.4, 0.5) is 0 Å². The molecule has 0 aliphatic heterocycles. The average Bonchev–Trinajstić information content (AvgIpc) is 2.60. The molecule has 0 radical (unpaired) electrons. The summed E-state index contributed by atoms with van der Waals surface area (Å²) in [6.45, 7) is 0.253. The second-order valence-corrected chi connectivity index (χ2v) is 5.46. The fraction of sp³-hybridized carbons (Fsp3) is 0.167.